The Balaban J connectivity index is 0. The number of hydrogen-bond acceptors (Lipinski definition) is 2. The summed E-state index contributed by atoms with van der Waals surface area (Å²) in [5.41, 5.74) is 0. The van der Waals surface area contributed by atoms with Gasteiger partial charge >= 0.3 is 0 Å². The molecule has 0 aromatic rings. The van der Waals surface area contributed by atoms with Gasteiger partial charge in [-0.25, -0.2) is 0 Å². The van der Waals surface area contributed by atoms with Gasteiger partial charge in [-0.1, -0.05) is 27.7 Å². The topological polar surface area (TPSA) is 32.3 Å². The first-order chi connectivity index (χ1) is 7.68. The van der Waals surface area contributed by atoms with Crippen molar-refractivity contribution in [2.45, 2.75) is 47.5 Å². The van der Waals surface area contributed by atoms with Crippen LogP contribution in [0.2, 0.25) is 0 Å². The van der Waals surface area contributed by atoms with Gasteiger partial charge in [-0.15, -0.1) is 0 Å². The number of carbonyl (C=O) groups is 1. The number of likely N-dealkylation sites (tertiary alicyclic amines) is 1. The zero-order valence-corrected chi connectivity index (χ0v) is 12.0. The van der Waals surface area contributed by atoms with Gasteiger partial charge in [0.2, 0.25) is 5.91 Å². The Morgan fingerprint density at radius 3 is 2.00 bits per heavy atom. The Bertz CT molecular complexity index is 152. The molecule has 1 aliphatic heterocycles. The lowest BCUT2D eigenvalue weighted by Gasteiger charge is -2.28. The zero-order valence-electron chi connectivity index (χ0n) is 12.0. The molecule has 1 rings (SSSR count). The summed E-state index contributed by atoms with van der Waals surface area (Å²) in [4.78, 5) is 13.0. The van der Waals surface area contributed by atoms with Crippen molar-refractivity contribution in [3.05, 3.63) is 0 Å². The highest BCUT2D eigenvalue weighted by Crippen LogP contribution is 2.14. The van der Waals surface area contributed by atoms with Gasteiger partial charge in [0.15, 0.2) is 0 Å². The summed E-state index contributed by atoms with van der Waals surface area (Å²) in [5.74, 6) is 0.791. The third-order valence-electron chi connectivity index (χ3n) is 2.48. The van der Waals surface area contributed by atoms with Gasteiger partial charge in [0, 0.05) is 13.5 Å². The molecule has 0 unspecified atom stereocenters. The molecule has 0 spiro atoms. The minimum atomic E-state index is 0.0916. The molecule has 98 valence electrons. The lowest BCUT2D eigenvalue weighted by molar-refractivity contribution is -0.119. The minimum absolute atomic E-state index is 0.0916. The van der Waals surface area contributed by atoms with E-state index in [2.05, 4.69) is 17.3 Å². The van der Waals surface area contributed by atoms with E-state index in [0.29, 0.717) is 5.92 Å². The smallest absolute Gasteiger partial charge is 0.216 e. The van der Waals surface area contributed by atoms with Crippen LogP contribution in [-0.2, 0) is 4.79 Å². The summed E-state index contributed by atoms with van der Waals surface area (Å²) in [6.45, 7) is 12.8. The quantitative estimate of drug-likeness (QED) is 0.790. The van der Waals surface area contributed by atoms with E-state index in [4.69, 9.17) is 0 Å². The van der Waals surface area contributed by atoms with E-state index in [0.717, 1.165) is 6.54 Å². The van der Waals surface area contributed by atoms with Gasteiger partial charge in [0.05, 0.1) is 0 Å². The fraction of sp³-hybridized carbons (Fsp3) is 0.923. The number of rotatable bonds is 2. The van der Waals surface area contributed by atoms with Gasteiger partial charge in [0.1, 0.15) is 0 Å². The monoisotopic (exact) mass is 230 g/mol. The van der Waals surface area contributed by atoms with E-state index >= 15 is 0 Å². The van der Waals surface area contributed by atoms with Gasteiger partial charge in [-0.2, -0.15) is 0 Å². The van der Waals surface area contributed by atoms with Crippen LogP contribution < -0.4 is 5.32 Å². The number of nitrogens with zero attached hydrogens (tertiary/aromatic N) is 1. The molecular formula is C13H30N2O. The molecule has 0 aliphatic carbocycles. The predicted octanol–water partition coefficient (Wildman–Crippen LogP) is 2.52. The zero-order chi connectivity index (χ0) is 13.0. The third kappa shape index (κ3) is 9.97. The predicted molar refractivity (Wildman–Crippen MR) is 71.6 cm³/mol. The lowest BCUT2D eigenvalue weighted by Crippen LogP contribution is -2.36. The van der Waals surface area contributed by atoms with E-state index in [9.17, 15) is 4.79 Å². The molecule has 0 saturated carbocycles. The fourth-order valence-corrected chi connectivity index (χ4v) is 1.55. The standard InChI is InChI=1S/C9H18N2O.2C2H6/c1-8(12)10-7-9-3-5-11(2)6-4-9;2*1-2/h9H,3-7H2,1-2H3,(H,10,12);2*1-2H3. The summed E-state index contributed by atoms with van der Waals surface area (Å²) in [6.07, 6.45) is 2.44. The summed E-state index contributed by atoms with van der Waals surface area (Å²) in [5, 5.41) is 2.87. The molecule has 0 atom stereocenters. The third-order valence-corrected chi connectivity index (χ3v) is 2.48. The van der Waals surface area contributed by atoms with Crippen molar-refractivity contribution in [1.82, 2.24) is 10.2 Å². The lowest BCUT2D eigenvalue weighted by atomic mass is 9.97. The van der Waals surface area contributed by atoms with Crippen molar-refractivity contribution < 1.29 is 4.79 Å². The highest BCUT2D eigenvalue weighted by molar-refractivity contribution is 5.72. The van der Waals surface area contributed by atoms with Crippen molar-refractivity contribution in [3.8, 4) is 0 Å². The Morgan fingerprint density at radius 2 is 1.62 bits per heavy atom. The number of piperidine rings is 1. The average Bonchev–Trinajstić information content (AvgIpc) is 2.33. The second-order valence-electron chi connectivity index (χ2n) is 3.68. The van der Waals surface area contributed by atoms with E-state index in [1.165, 1.54) is 25.9 Å². The summed E-state index contributed by atoms with van der Waals surface area (Å²) >= 11 is 0. The molecule has 0 radical (unpaired) electrons. The Kier molecular flexibility index (Phi) is 13.9. The normalized spacial score (nSPS) is 16.4. The Hall–Kier alpha value is -0.570. The van der Waals surface area contributed by atoms with Crippen LogP contribution in [0.1, 0.15) is 47.5 Å². The van der Waals surface area contributed by atoms with Crippen LogP contribution in [0.5, 0.6) is 0 Å². The van der Waals surface area contributed by atoms with Crippen molar-refractivity contribution >= 4 is 5.91 Å². The van der Waals surface area contributed by atoms with Gasteiger partial charge < -0.3 is 10.2 Å². The fourth-order valence-electron chi connectivity index (χ4n) is 1.55. The first kappa shape index (κ1) is 17.8. The first-order valence-electron chi connectivity index (χ1n) is 6.61. The van der Waals surface area contributed by atoms with Crippen LogP contribution >= 0.6 is 0 Å². The van der Waals surface area contributed by atoms with Gasteiger partial charge in [-0.3, -0.25) is 4.79 Å². The van der Waals surface area contributed by atoms with Crippen LogP contribution in [0.25, 0.3) is 0 Å². The molecule has 1 heterocycles. The highest BCUT2D eigenvalue weighted by atomic mass is 16.1. The van der Waals surface area contributed by atoms with Crippen molar-refractivity contribution in [2.24, 2.45) is 5.92 Å². The van der Waals surface area contributed by atoms with Crippen LogP contribution in [-0.4, -0.2) is 37.5 Å². The average molecular weight is 230 g/mol. The van der Waals surface area contributed by atoms with E-state index in [1.807, 2.05) is 27.7 Å². The molecule has 0 aromatic carbocycles. The van der Waals surface area contributed by atoms with Crippen LogP contribution in [0, 0.1) is 5.92 Å². The maximum Gasteiger partial charge on any atom is 0.216 e. The van der Waals surface area contributed by atoms with Gasteiger partial charge in [0.25, 0.3) is 0 Å². The highest BCUT2D eigenvalue weighted by Gasteiger charge is 2.16. The molecule has 3 nitrogen and oxygen atoms in total. The number of carbonyl (C=O) groups excluding carboxylic acids is 1. The summed E-state index contributed by atoms with van der Waals surface area (Å²) in [7, 11) is 2.15. The number of nitrogens with one attached hydrogen (secondary N) is 1. The summed E-state index contributed by atoms with van der Waals surface area (Å²) < 4.78 is 0. The van der Waals surface area contributed by atoms with Gasteiger partial charge in [-0.05, 0) is 38.9 Å². The molecular weight excluding hydrogens is 200 g/mol. The molecule has 3 heteroatoms. The first-order valence-corrected chi connectivity index (χ1v) is 6.61. The minimum Gasteiger partial charge on any atom is -0.356 e. The maximum atomic E-state index is 10.6. The van der Waals surface area contributed by atoms with E-state index in [-0.39, 0.29) is 5.91 Å². The molecule has 1 aliphatic rings. The molecule has 0 bridgehead atoms. The van der Waals surface area contributed by atoms with Crippen molar-refractivity contribution in [1.29, 1.82) is 0 Å². The van der Waals surface area contributed by atoms with E-state index in [1.54, 1.807) is 6.92 Å². The SMILES string of the molecule is CC.CC.CC(=O)NCC1CCN(C)CC1. The van der Waals surface area contributed by atoms with Crippen molar-refractivity contribution in [3.63, 3.8) is 0 Å². The van der Waals surface area contributed by atoms with E-state index < -0.39 is 0 Å². The number of hydrogen-bond donors (Lipinski definition) is 1. The molecule has 1 amide bonds. The second-order valence-corrected chi connectivity index (χ2v) is 3.68. The summed E-state index contributed by atoms with van der Waals surface area (Å²) in [6, 6.07) is 0. The number of amides is 1. The molecule has 1 saturated heterocycles. The molecule has 16 heavy (non-hydrogen) atoms. The van der Waals surface area contributed by atoms with Crippen molar-refractivity contribution in [2.75, 3.05) is 26.7 Å². The Morgan fingerprint density at radius 1 is 1.19 bits per heavy atom. The van der Waals surface area contributed by atoms with Crippen LogP contribution in [0.3, 0.4) is 0 Å². The van der Waals surface area contributed by atoms with Crippen LogP contribution in [0.4, 0.5) is 0 Å². The molecule has 1 N–H and O–H groups in total. The largest absolute Gasteiger partial charge is 0.356 e. The Labute approximate surface area is 102 Å². The van der Waals surface area contributed by atoms with Crippen LogP contribution in [0.15, 0.2) is 0 Å². The second kappa shape index (κ2) is 12.5. The maximum absolute atomic E-state index is 10.6. The molecule has 1 fully saturated rings. The molecule has 0 aromatic heterocycles.